The summed E-state index contributed by atoms with van der Waals surface area (Å²) in [6, 6.07) is 5.33. The van der Waals surface area contributed by atoms with Gasteiger partial charge in [-0.05, 0) is 31.0 Å². The van der Waals surface area contributed by atoms with Crippen LogP contribution in [0.4, 0.5) is 0 Å². The van der Waals surface area contributed by atoms with Crippen LogP contribution in [0.15, 0.2) is 23.0 Å². The summed E-state index contributed by atoms with van der Waals surface area (Å²) in [6.07, 6.45) is 1.98. The van der Waals surface area contributed by atoms with E-state index in [2.05, 4.69) is 15.3 Å². The van der Waals surface area contributed by atoms with Crippen molar-refractivity contribution in [3.63, 3.8) is 0 Å². The predicted octanol–water partition coefficient (Wildman–Crippen LogP) is 2.04. The van der Waals surface area contributed by atoms with Crippen LogP contribution in [0.1, 0.15) is 23.3 Å². The molecule has 1 fully saturated rings. The first-order chi connectivity index (χ1) is 9.11. The molecule has 0 unspecified atom stereocenters. The van der Waals surface area contributed by atoms with Crippen molar-refractivity contribution in [2.24, 2.45) is 0 Å². The standard InChI is InChI=1S/C12H10ClN3O2S/c13-10-4-3-9(19-10)7-5-8(16-12(18)15-7)11(17)14-6-1-2-6/h3-6H,1-2H2,(H,14,17)(H,15,16,18). The van der Waals surface area contributed by atoms with Gasteiger partial charge in [0.2, 0.25) is 0 Å². The Morgan fingerprint density at radius 3 is 2.89 bits per heavy atom. The lowest BCUT2D eigenvalue weighted by molar-refractivity contribution is 0.0945. The van der Waals surface area contributed by atoms with Crippen molar-refractivity contribution in [1.82, 2.24) is 15.3 Å². The number of thiophene rings is 1. The molecule has 7 heteroatoms. The highest BCUT2D eigenvalue weighted by atomic mass is 35.5. The number of rotatable bonds is 3. The molecule has 2 aromatic heterocycles. The second-order valence-corrected chi connectivity index (χ2v) is 6.05. The summed E-state index contributed by atoms with van der Waals surface area (Å²) in [5.41, 5.74) is 0.149. The second-order valence-electron chi connectivity index (χ2n) is 4.34. The average Bonchev–Trinajstić information content (AvgIpc) is 3.07. The molecular weight excluding hydrogens is 286 g/mol. The van der Waals surface area contributed by atoms with E-state index in [1.807, 2.05) is 0 Å². The van der Waals surface area contributed by atoms with Crippen molar-refractivity contribution in [1.29, 1.82) is 0 Å². The van der Waals surface area contributed by atoms with Gasteiger partial charge in [0.1, 0.15) is 5.69 Å². The van der Waals surface area contributed by atoms with Crippen molar-refractivity contribution in [2.75, 3.05) is 0 Å². The molecule has 5 nitrogen and oxygen atoms in total. The monoisotopic (exact) mass is 295 g/mol. The largest absolute Gasteiger partial charge is 0.348 e. The van der Waals surface area contributed by atoms with Gasteiger partial charge in [-0.15, -0.1) is 11.3 Å². The normalized spacial score (nSPS) is 14.4. The molecule has 0 bridgehead atoms. The highest BCUT2D eigenvalue weighted by Gasteiger charge is 2.24. The van der Waals surface area contributed by atoms with Crippen LogP contribution in [-0.4, -0.2) is 21.9 Å². The van der Waals surface area contributed by atoms with E-state index < -0.39 is 5.69 Å². The summed E-state index contributed by atoms with van der Waals surface area (Å²) < 4.78 is 0.622. The molecule has 2 N–H and O–H groups in total. The molecule has 0 saturated heterocycles. The maximum atomic E-state index is 11.9. The van der Waals surface area contributed by atoms with Gasteiger partial charge in [0.15, 0.2) is 0 Å². The highest BCUT2D eigenvalue weighted by molar-refractivity contribution is 7.19. The number of nitrogens with one attached hydrogen (secondary N) is 2. The van der Waals surface area contributed by atoms with Crippen LogP contribution >= 0.6 is 22.9 Å². The Hall–Kier alpha value is -1.66. The minimum Gasteiger partial charge on any atom is -0.348 e. The quantitative estimate of drug-likeness (QED) is 0.910. The molecule has 0 atom stereocenters. The summed E-state index contributed by atoms with van der Waals surface area (Å²) in [5.74, 6) is -0.308. The smallest absolute Gasteiger partial charge is 0.346 e. The second kappa shape index (κ2) is 4.79. The van der Waals surface area contributed by atoms with E-state index in [0.717, 1.165) is 17.7 Å². The number of aromatic amines is 1. The average molecular weight is 296 g/mol. The van der Waals surface area contributed by atoms with Crippen LogP contribution in [0.25, 0.3) is 10.6 Å². The lowest BCUT2D eigenvalue weighted by Gasteiger charge is -2.03. The molecule has 98 valence electrons. The summed E-state index contributed by atoms with van der Waals surface area (Å²) in [6.45, 7) is 0. The number of H-pyrrole nitrogens is 1. The van der Waals surface area contributed by atoms with E-state index >= 15 is 0 Å². The van der Waals surface area contributed by atoms with Crippen LogP contribution in [0.2, 0.25) is 4.34 Å². The Morgan fingerprint density at radius 2 is 2.26 bits per heavy atom. The van der Waals surface area contributed by atoms with Crippen LogP contribution in [0.3, 0.4) is 0 Å². The fourth-order valence-electron chi connectivity index (χ4n) is 1.65. The van der Waals surface area contributed by atoms with Crippen LogP contribution < -0.4 is 11.0 Å². The zero-order chi connectivity index (χ0) is 13.4. The predicted molar refractivity (Wildman–Crippen MR) is 73.7 cm³/mol. The Morgan fingerprint density at radius 1 is 1.47 bits per heavy atom. The number of carbonyl (C=O) groups is 1. The molecule has 0 aliphatic heterocycles. The Balaban J connectivity index is 1.95. The third kappa shape index (κ3) is 2.85. The number of carbonyl (C=O) groups excluding carboxylic acids is 1. The molecular formula is C12H10ClN3O2S. The first-order valence-corrected chi connectivity index (χ1v) is 6.99. The first-order valence-electron chi connectivity index (χ1n) is 5.80. The Labute approximate surface area is 117 Å². The number of nitrogens with zero attached hydrogens (tertiary/aromatic N) is 1. The summed E-state index contributed by atoms with van der Waals surface area (Å²) >= 11 is 7.19. The molecule has 1 amide bonds. The third-order valence-corrected chi connectivity index (χ3v) is 3.99. The van der Waals surface area contributed by atoms with Crippen LogP contribution in [0.5, 0.6) is 0 Å². The van der Waals surface area contributed by atoms with Crippen molar-refractivity contribution < 1.29 is 4.79 Å². The first kappa shape index (κ1) is 12.4. The Kier molecular flexibility index (Phi) is 3.12. The lowest BCUT2D eigenvalue weighted by Crippen LogP contribution is -2.28. The van der Waals surface area contributed by atoms with E-state index in [1.54, 1.807) is 18.2 Å². The number of hydrogen-bond acceptors (Lipinski definition) is 4. The number of hydrogen-bond donors (Lipinski definition) is 2. The summed E-state index contributed by atoms with van der Waals surface area (Å²) in [4.78, 5) is 30.5. The van der Waals surface area contributed by atoms with Crippen molar-refractivity contribution >= 4 is 28.8 Å². The Bertz CT molecular complexity index is 690. The van der Waals surface area contributed by atoms with Gasteiger partial charge in [-0.25, -0.2) is 4.79 Å². The van der Waals surface area contributed by atoms with E-state index in [-0.39, 0.29) is 17.6 Å². The summed E-state index contributed by atoms with van der Waals surface area (Å²) in [5, 5.41) is 2.80. The van der Waals surface area contributed by atoms with Gasteiger partial charge in [-0.2, -0.15) is 4.98 Å². The fourth-order valence-corrected chi connectivity index (χ4v) is 2.67. The minimum absolute atomic E-state index is 0.134. The van der Waals surface area contributed by atoms with E-state index in [9.17, 15) is 9.59 Å². The van der Waals surface area contributed by atoms with Crippen LogP contribution in [0, 0.1) is 0 Å². The molecule has 1 aliphatic carbocycles. The third-order valence-electron chi connectivity index (χ3n) is 2.73. The van der Waals surface area contributed by atoms with Crippen molar-refractivity contribution in [3.8, 4) is 10.6 Å². The van der Waals surface area contributed by atoms with Gasteiger partial charge in [0.05, 0.1) is 14.9 Å². The zero-order valence-corrected chi connectivity index (χ0v) is 11.3. The molecule has 0 radical (unpaired) electrons. The molecule has 1 aliphatic rings. The van der Waals surface area contributed by atoms with Crippen molar-refractivity contribution in [3.05, 3.63) is 38.7 Å². The van der Waals surface area contributed by atoms with Gasteiger partial charge in [-0.1, -0.05) is 11.6 Å². The highest BCUT2D eigenvalue weighted by Crippen LogP contribution is 2.29. The molecule has 2 heterocycles. The van der Waals surface area contributed by atoms with Gasteiger partial charge >= 0.3 is 5.69 Å². The minimum atomic E-state index is -0.539. The molecule has 1 saturated carbocycles. The van der Waals surface area contributed by atoms with E-state index in [4.69, 9.17) is 11.6 Å². The van der Waals surface area contributed by atoms with Gasteiger partial charge in [0.25, 0.3) is 5.91 Å². The van der Waals surface area contributed by atoms with E-state index in [1.165, 1.54) is 11.3 Å². The number of halogens is 1. The molecule has 0 spiro atoms. The van der Waals surface area contributed by atoms with Crippen molar-refractivity contribution in [2.45, 2.75) is 18.9 Å². The summed E-state index contributed by atoms with van der Waals surface area (Å²) in [7, 11) is 0. The number of aromatic nitrogens is 2. The molecule has 19 heavy (non-hydrogen) atoms. The van der Waals surface area contributed by atoms with Gasteiger partial charge in [-0.3, -0.25) is 4.79 Å². The van der Waals surface area contributed by atoms with Crippen LogP contribution in [-0.2, 0) is 0 Å². The topological polar surface area (TPSA) is 74.8 Å². The van der Waals surface area contributed by atoms with Gasteiger partial charge < -0.3 is 10.3 Å². The van der Waals surface area contributed by atoms with Gasteiger partial charge in [0, 0.05) is 6.04 Å². The molecule has 3 rings (SSSR count). The maximum absolute atomic E-state index is 11.9. The number of amides is 1. The maximum Gasteiger partial charge on any atom is 0.346 e. The van der Waals surface area contributed by atoms with E-state index in [0.29, 0.717) is 10.0 Å². The molecule has 2 aromatic rings. The zero-order valence-electron chi connectivity index (χ0n) is 9.77. The fraction of sp³-hybridized carbons (Fsp3) is 0.250. The SMILES string of the molecule is O=C(NC1CC1)c1cc(-c2ccc(Cl)s2)[nH]c(=O)n1. The lowest BCUT2D eigenvalue weighted by atomic mass is 10.2. The molecule has 0 aromatic carbocycles.